The average Bonchev–Trinajstić information content (AvgIpc) is 2.13. The van der Waals surface area contributed by atoms with Gasteiger partial charge in [0.1, 0.15) is 0 Å². The third-order valence-electron chi connectivity index (χ3n) is 1.91. The van der Waals surface area contributed by atoms with Crippen LogP contribution in [-0.4, -0.2) is 18.4 Å². The summed E-state index contributed by atoms with van der Waals surface area (Å²) in [6.45, 7) is 2.67. The lowest BCUT2D eigenvalue weighted by molar-refractivity contribution is -0.121. The molecule has 0 aliphatic heterocycles. The molecule has 0 atom stereocenters. The molecule has 0 aromatic carbocycles. The first-order valence-corrected chi connectivity index (χ1v) is 5.18. The van der Waals surface area contributed by atoms with Gasteiger partial charge in [0, 0.05) is 19.4 Å². The van der Waals surface area contributed by atoms with Crippen molar-refractivity contribution in [3.05, 3.63) is 0 Å². The van der Waals surface area contributed by atoms with Crippen LogP contribution in [-0.2, 0) is 9.59 Å². The van der Waals surface area contributed by atoms with E-state index in [1.165, 1.54) is 0 Å². The molecule has 0 bridgehead atoms. The van der Waals surface area contributed by atoms with Crippen molar-refractivity contribution in [2.24, 2.45) is 0 Å². The SMILES string of the molecule is CCCCC(=O)NCCCCC([NH])=O. The Morgan fingerprint density at radius 2 is 1.86 bits per heavy atom. The highest BCUT2D eigenvalue weighted by atomic mass is 16.1. The Bertz CT molecular complexity index is 181. The van der Waals surface area contributed by atoms with Crippen LogP contribution < -0.4 is 11.1 Å². The van der Waals surface area contributed by atoms with Crippen LogP contribution in [0.1, 0.15) is 45.4 Å². The minimum atomic E-state index is -0.526. The van der Waals surface area contributed by atoms with Gasteiger partial charge in [0.2, 0.25) is 11.8 Å². The van der Waals surface area contributed by atoms with Crippen LogP contribution in [0.2, 0.25) is 0 Å². The second kappa shape index (κ2) is 8.53. The van der Waals surface area contributed by atoms with Crippen molar-refractivity contribution in [2.75, 3.05) is 6.54 Å². The van der Waals surface area contributed by atoms with E-state index in [4.69, 9.17) is 5.73 Å². The number of unbranched alkanes of at least 4 members (excludes halogenated alkanes) is 2. The molecule has 0 aliphatic carbocycles. The fourth-order valence-electron chi connectivity index (χ4n) is 1.06. The summed E-state index contributed by atoms with van der Waals surface area (Å²) in [7, 11) is 0. The molecule has 0 aromatic heterocycles. The lowest BCUT2D eigenvalue weighted by Crippen LogP contribution is -2.24. The van der Waals surface area contributed by atoms with Crippen molar-refractivity contribution in [1.29, 1.82) is 0 Å². The van der Waals surface area contributed by atoms with Crippen molar-refractivity contribution in [2.45, 2.75) is 45.4 Å². The summed E-state index contributed by atoms with van der Waals surface area (Å²) in [5, 5.41) is 2.78. The molecule has 1 radical (unpaired) electrons. The number of nitrogens with one attached hydrogen (secondary N) is 2. The number of rotatable bonds is 8. The third-order valence-corrected chi connectivity index (χ3v) is 1.91. The largest absolute Gasteiger partial charge is 0.356 e. The minimum Gasteiger partial charge on any atom is -0.356 e. The highest BCUT2D eigenvalue weighted by Crippen LogP contribution is 1.95. The Labute approximate surface area is 85.2 Å². The summed E-state index contributed by atoms with van der Waals surface area (Å²) in [6, 6.07) is 0. The molecule has 4 heteroatoms. The maximum atomic E-state index is 11.1. The van der Waals surface area contributed by atoms with Gasteiger partial charge in [0.05, 0.1) is 0 Å². The molecular formula is C10H19N2O2. The van der Waals surface area contributed by atoms with Crippen LogP contribution in [0.15, 0.2) is 0 Å². The fourth-order valence-corrected chi connectivity index (χ4v) is 1.06. The lowest BCUT2D eigenvalue weighted by Gasteiger charge is -2.03. The van der Waals surface area contributed by atoms with Crippen LogP contribution in [0.25, 0.3) is 0 Å². The molecule has 0 saturated heterocycles. The van der Waals surface area contributed by atoms with E-state index in [0.29, 0.717) is 25.8 Å². The Hall–Kier alpha value is -1.06. The van der Waals surface area contributed by atoms with Gasteiger partial charge < -0.3 is 5.32 Å². The molecule has 0 aliphatic rings. The van der Waals surface area contributed by atoms with Crippen LogP contribution >= 0.6 is 0 Å². The van der Waals surface area contributed by atoms with Crippen LogP contribution in [0.5, 0.6) is 0 Å². The monoisotopic (exact) mass is 199 g/mol. The predicted octanol–water partition coefficient (Wildman–Crippen LogP) is 1.27. The van der Waals surface area contributed by atoms with E-state index in [2.05, 4.69) is 5.32 Å². The van der Waals surface area contributed by atoms with Gasteiger partial charge in [0.15, 0.2) is 0 Å². The second-order valence-electron chi connectivity index (χ2n) is 3.33. The summed E-state index contributed by atoms with van der Waals surface area (Å²) in [6.07, 6.45) is 4.31. The van der Waals surface area contributed by atoms with Gasteiger partial charge in [-0.15, -0.1) is 0 Å². The van der Waals surface area contributed by atoms with Gasteiger partial charge in [-0.1, -0.05) is 13.3 Å². The molecule has 0 fully saturated rings. The Balaban J connectivity index is 3.19. The number of carbonyl (C=O) groups is 2. The lowest BCUT2D eigenvalue weighted by atomic mass is 10.2. The van der Waals surface area contributed by atoms with Crippen molar-refractivity contribution >= 4 is 11.8 Å². The van der Waals surface area contributed by atoms with E-state index in [1.54, 1.807) is 0 Å². The fraction of sp³-hybridized carbons (Fsp3) is 0.800. The van der Waals surface area contributed by atoms with E-state index < -0.39 is 5.91 Å². The average molecular weight is 199 g/mol. The molecule has 4 nitrogen and oxygen atoms in total. The zero-order chi connectivity index (χ0) is 10.8. The topological polar surface area (TPSA) is 70.0 Å². The van der Waals surface area contributed by atoms with E-state index in [1.807, 2.05) is 6.92 Å². The predicted molar refractivity (Wildman–Crippen MR) is 54.5 cm³/mol. The van der Waals surface area contributed by atoms with E-state index in [-0.39, 0.29) is 5.91 Å². The maximum Gasteiger partial charge on any atom is 0.238 e. The van der Waals surface area contributed by atoms with Gasteiger partial charge in [-0.25, -0.2) is 0 Å². The van der Waals surface area contributed by atoms with E-state index in [0.717, 1.165) is 19.3 Å². The molecule has 81 valence electrons. The smallest absolute Gasteiger partial charge is 0.238 e. The van der Waals surface area contributed by atoms with Crippen molar-refractivity contribution < 1.29 is 9.59 Å². The van der Waals surface area contributed by atoms with E-state index >= 15 is 0 Å². The Morgan fingerprint density at radius 1 is 1.14 bits per heavy atom. The highest BCUT2D eigenvalue weighted by Gasteiger charge is 1.99. The molecule has 2 amide bonds. The highest BCUT2D eigenvalue weighted by molar-refractivity contribution is 5.75. The second-order valence-corrected chi connectivity index (χ2v) is 3.33. The van der Waals surface area contributed by atoms with E-state index in [9.17, 15) is 9.59 Å². The molecule has 0 aromatic rings. The van der Waals surface area contributed by atoms with Crippen LogP contribution in [0.3, 0.4) is 0 Å². The molecule has 14 heavy (non-hydrogen) atoms. The minimum absolute atomic E-state index is 0.0871. The number of amides is 2. The van der Waals surface area contributed by atoms with Gasteiger partial charge in [-0.2, -0.15) is 0 Å². The molecule has 0 heterocycles. The zero-order valence-electron chi connectivity index (χ0n) is 8.77. The quantitative estimate of drug-likeness (QED) is 0.598. The zero-order valence-corrected chi connectivity index (χ0v) is 8.77. The summed E-state index contributed by atoms with van der Waals surface area (Å²) < 4.78 is 0. The molecule has 2 N–H and O–H groups in total. The first-order chi connectivity index (χ1) is 6.66. The summed E-state index contributed by atoms with van der Waals surface area (Å²) >= 11 is 0. The molecule has 0 spiro atoms. The standard InChI is InChI=1S/C10H19N2O2/c1-2-3-7-10(14)12-8-5-4-6-9(11)13/h11H,2-8H2,1H3,(H,12,14). The summed E-state index contributed by atoms with van der Waals surface area (Å²) in [5.41, 5.74) is 6.66. The molecule has 0 unspecified atom stereocenters. The number of hydrogen-bond acceptors (Lipinski definition) is 2. The number of hydrogen-bond donors (Lipinski definition) is 1. The molecule has 0 rings (SSSR count). The maximum absolute atomic E-state index is 11.1. The summed E-state index contributed by atoms with van der Waals surface area (Å²) in [5.74, 6) is -0.439. The summed E-state index contributed by atoms with van der Waals surface area (Å²) in [4.78, 5) is 21.3. The van der Waals surface area contributed by atoms with Gasteiger partial charge >= 0.3 is 0 Å². The van der Waals surface area contributed by atoms with Crippen LogP contribution in [0.4, 0.5) is 0 Å². The molecule has 0 saturated carbocycles. The number of carbonyl (C=O) groups excluding carboxylic acids is 2. The van der Waals surface area contributed by atoms with Crippen molar-refractivity contribution in [1.82, 2.24) is 11.1 Å². The normalized spacial score (nSPS) is 9.79. The van der Waals surface area contributed by atoms with Crippen molar-refractivity contribution in [3.63, 3.8) is 0 Å². The first-order valence-electron chi connectivity index (χ1n) is 5.18. The van der Waals surface area contributed by atoms with Gasteiger partial charge in [-0.3, -0.25) is 15.3 Å². The van der Waals surface area contributed by atoms with Crippen LogP contribution in [0, 0.1) is 0 Å². The van der Waals surface area contributed by atoms with Gasteiger partial charge in [-0.05, 0) is 19.3 Å². The Kier molecular flexibility index (Phi) is 7.89. The Morgan fingerprint density at radius 3 is 2.43 bits per heavy atom. The third kappa shape index (κ3) is 9.03. The molecular weight excluding hydrogens is 180 g/mol. The van der Waals surface area contributed by atoms with Crippen molar-refractivity contribution in [3.8, 4) is 0 Å². The van der Waals surface area contributed by atoms with Gasteiger partial charge in [0.25, 0.3) is 0 Å². The first kappa shape index (κ1) is 12.9.